The van der Waals surface area contributed by atoms with E-state index in [1.54, 1.807) is 18.5 Å². The second-order valence-corrected chi connectivity index (χ2v) is 6.73. The van der Waals surface area contributed by atoms with Crippen LogP contribution in [0.25, 0.3) is 22.0 Å². The molecule has 0 spiro atoms. The summed E-state index contributed by atoms with van der Waals surface area (Å²) in [4.78, 5) is 25.2. The number of nitrogens with zero attached hydrogens (tertiary/aromatic N) is 3. The zero-order valence-corrected chi connectivity index (χ0v) is 19.1. The quantitative estimate of drug-likeness (QED) is 0.458. The van der Waals surface area contributed by atoms with E-state index < -0.39 is 6.10 Å². The SMILES string of the molecule is CC.CCNC(=O)Nc1cc2nc(NC)c(-c3cnc(C(O)CC)cc3C)cc2cn1. The zero-order valence-electron chi connectivity index (χ0n) is 19.1. The van der Waals surface area contributed by atoms with Gasteiger partial charge in [0.15, 0.2) is 0 Å². The molecule has 1 unspecified atom stereocenters. The van der Waals surface area contributed by atoms with Crippen LogP contribution in [0.5, 0.6) is 0 Å². The minimum atomic E-state index is -0.568. The molecular formula is C23H32N6O2. The second-order valence-electron chi connectivity index (χ2n) is 6.73. The molecule has 3 aromatic rings. The molecule has 4 N–H and O–H groups in total. The highest BCUT2D eigenvalue weighted by Gasteiger charge is 2.14. The molecule has 3 rings (SSSR count). The molecule has 0 aliphatic rings. The van der Waals surface area contributed by atoms with Gasteiger partial charge in [-0.3, -0.25) is 10.3 Å². The molecule has 0 fully saturated rings. The maximum Gasteiger partial charge on any atom is 0.320 e. The molecule has 166 valence electrons. The largest absolute Gasteiger partial charge is 0.387 e. The van der Waals surface area contributed by atoms with Crippen LogP contribution in [-0.4, -0.2) is 39.7 Å². The van der Waals surface area contributed by atoms with Crippen LogP contribution < -0.4 is 16.0 Å². The van der Waals surface area contributed by atoms with E-state index in [0.29, 0.717) is 35.8 Å². The molecular weight excluding hydrogens is 392 g/mol. The monoisotopic (exact) mass is 424 g/mol. The van der Waals surface area contributed by atoms with Crippen molar-refractivity contribution in [3.05, 3.63) is 41.9 Å². The maximum atomic E-state index is 11.7. The molecule has 0 saturated heterocycles. The lowest BCUT2D eigenvalue weighted by Gasteiger charge is -2.15. The molecule has 8 nitrogen and oxygen atoms in total. The second kappa shape index (κ2) is 11.2. The van der Waals surface area contributed by atoms with Gasteiger partial charge in [0.2, 0.25) is 0 Å². The molecule has 2 amide bonds. The molecule has 3 heterocycles. The molecule has 8 heteroatoms. The number of pyridine rings is 3. The fraction of sp³-hybridized carbons (Fsp3) is 0.391. The summed E-state index contributed by atoms with van der Waals surface area (Å²) in [5, 5.41) is 19.4. The minimum absolute atomic E-state index is 0.305. The first kappa shape index (κ1) is 24.0. The van der Waals surface area contributed by atoms with Gasteiger partial charge < -0.3 is 15.7 Å². The van der Waals surface area contributed by atoms with E-state index >= 15 is 0 Å². The van der Waals surface area contributed by atoms with Gasteiger partial charge in [-0.1, -0.05) is 20.8 Å². The van der Waals surface area contributed by atoms with E-state index in [-0.39, 0.29) is 6.03 Å². The first-order chi connectivity index (χ1) is 15.0. The van der Waals surface area contributed by atoms with Gasteiger partial charge in [-0.05, 0) is 38.0 Å². The van der Waals surface area contributed by atoms with Crippen LogP contribution in [0.2, 0.25) is 0 Å². The summed E-state index contributed by atoms with van der Waals surface area (Å²) in [5.74, 6) is 1.13. The first-order valence-electron chi connectivity index (χ1n) is 10.6. The smallest absolute Gasteiger partial charge is 0.320 e. The third-order valence-corrected chi connectivity index (χ3v) is 4.67. The molecule has 0 bridgehead atoms. The number of nitrogens with one attached hydrogen (secondary N) is 3. The number of hydrogen-bond donors (Lipinski definition) is 4. The summed E-state index contributed by atoms with van der Waals surface area (Å²) in [5.41, 5.74) is 4.21. The van der Waals surface area contributed by atoms with E-state index in [1.807, 2.05) is 53.8 Å². The highest BCUT2D eigenvalue weighted by Crippen LogP contribution is 2.33. The molecule has 31 heavy (non-hydrogen) atoms. The first-order valence-corrected chi connectivity index (χ1v) is 10.6. The van der Waals surface area contributed by atoms with Gasteiger partial charge in [0.25, 0.3) is 0 Å². The Morgan fingerprint density at radius 1 is 1.10 bits per heavy atom. The van der Waals surface area contributed by atoms with E-state index in [4.69, 9.17) is 4.98 Å². The van der Waals surface area contributed by atoms with E-state index in [1.165, 1.54) is 0 Å². The van der Waals surface area contributed by atoms with Crippen molar-refractivity contribution in [3.8, 4) is 11.1 Å². The van der Waals surface area contributed by atoms with Crippen LogP contribution in [0.4, 0.5) is 16.4 Å². The van der Waals surface area contributed by atoms with Gasteiger partial charge >= 0.3 is 6.03 Å². The Kier molecular flexibility index (Phi) is 8.69. The number of aliphatic hydroxyl groups excluding tert-OH is 1. The van der Waals surface area contributed by atoms with Crippen LogP contribution in [0, 0.1) is 6.92 Å². The fourth-order valence-corrected chi connectivity index (χ4v) is 3.10. The van der Waals surface area contributed by atoms with Gasteiger partial charge in [-0.25, -0.2) is 14.8 Å². The molecule has 0 aromatic carbocycles. The summed E-state index contributed by atoms with van der Waals surface area (Å²) in [7, 11) is 1.81. The minimum Gasteiger partial charge on any atom is -0.387 e. The fourth-order valence-electron chi connectivity index (χ4n) is 3.10. The number of aromatic nitrogens is 3. The third kappa shape index (κ3) is 5.67. The normalized spacial score (nSPS) is 11.3. The lowest BCUT2D eigenvalue weighted by atomic mass is 10.00. The number of amides is 2. The molecule has 1 atom stereocenters. The van der Waals surface area contributed by atoms with Crippen molar-refractivity contribution >= 4 is 28.6 Å². The Balaban J connectivity index is 0.00000166. The Bertz CT molecular complexity index is 1040. The van der Waals surface area contributed by atoms with Gasteiger partial charge in [0, 0.05) is 48.6 Å². The highest BCUT2D eigenvalue weighted by atomic mass is 16.3. The van der Waals surface area contributed by atoms with Crippen LogP contribution in [0.1, 0.15) is 51.5 Å². The topological polar surface area (TPSA) is 112 Å². The summed E-state index contributed by atoms with van der Waals surface area (Å²) in [6.45, 7) is 10.3. The number of anilines is 2. The Morgan fingerprint density at radius 2 is 1.84 bits per heavy atom. The molecule has 0 saturated carbocycles. The van der Waals surface area contributed by atoms with Crippen molar-refractivity contribution in [3.63, 3.8) is 0 Å². The predicted octanol–water partition coefficient (Wildman–Crippen LogP) is 4.65. The number of carbonyl (C=O) groups excluding carboxylic acids is 1. The Labute approximate surface area is 183 Å². The molecule has 3 aromatic heterocycles. The molecule has 0 aliphatic carbocycles. The van der Waals surface area contributed by atoms with Crippen LogP contribution in [0.3, 0.4) is 0 Å². The average molecular weight is 425 g/mol. The number of hydrogen-bond acceptors (Lipinski definition) is 6. The van der Waals surface area contributed by atoms with Crippen molar-refractivity contribution in [2.45, 2.75) is 47.1 Å². The van der Waals surface area contributed by atoms with Crippen molar-refractivity contribution < 1.29 is 9.90 Å². The summed E-state index contributed by atoms with van der Waals surface area (Å²) >= 11 is 0. The summed E-state index contributed by atoms with van der Waals surface area (Å²) in [6.07, 6.45) is 3.50. The summed E-state index contributed by atoms with van der Waals surface area (Å²) in [6, 6.07) is 5.34. The number of carbonyl (C=O) groups is 1. The zero-order chi connectivity index (χ0) is 23.0. The highest BCUT2D eigenvalue weighted by molar-refractivity contribution is 5.93. The Morgan fingerprint density at radius 3 is 2.45 bits per heavy atom. The number of rotatable bonds is 6. The van der Waals surface area contributed by atoms with Crippen molar-refractivity contribution in [2.75, 3.05) is 24.2 Å². The Hall–Kier alpha value is -3.26. The van der Waals surface area contributed by atoms with Crippen LogP contribution >= 0.6 is 0 Å². The van der Waals surface area contributed by atoms with Crippen molar-refractivity contribution in [1.29, 1.82) is 0 Å². The molecule has 0 aliphatic heterocycles. The van der Waals surface area contributed by atoms with Gasteiger partial charge in [0.05, 0.1) is 17.3 Å². The van der Waals surface area contributed by atoms with Crippen LogP contribution in [0.15, 0.2) is 30.6 Å². The summed E-state index contributed by atoms with van der Waals surface area (Å²) < 4.78 is 0. The van der Waals surface area contributed by atoms with Gasteiger partial charge in [-0.2, -0.15) is 0 Å². The number of aryl methyl sites for hydroxylation is 1. The predicted molar refractivity (Wildman–Crippen MR) is 126 cm³/mol. The van der Waals surface area contributed by atoms with Gasteiger partial charge in [-0.15, -0.1) is 0 Å². The number of aliphatic hydroxyl groups is 1. The average Bonchev–Trinajstić information content (AvgIpc) is 2.79. The van der Waals surface area contributed by atoms with E-state index in [2.05, 4.69) is 25.9 Å². The lowest BCUT2D eigenvalue weighted by molar-refractivity contribution is 0.169. The van der Waals surface area contributed by atoms with E-state index in [9.17, 15) is 9.90 Å². The standard InChI is InChI=1S/C21H26N6O2.C2H6/c1-5-18(28)17-7-12(3)15(11-24-17)14-8-13-10-25-19(27-21(29)23-6-2)9-16(13)26-20(14)22-4;1-2/h7-11,18,28H,5-6H2,1-4H3,(H,22,26)(H2,23,25,27,29);1-2H3. The third-order valence-electron chi connectivity index (χ3n) is 4.67. The van der Waals surface area contributed by atoms with Crippen LogP contribution in [-0.2, 0) is 0 Å². The van der Waals surface area contributed by atoms with Crippen molar-refractivity contribution in [2.24, 2.45) is 0 Å². The lowest BCUT2D eigenvalue weighted by Crippen LogP contribution is -2.28. The number of fused-ring (bicyclic) bond motifs is 1. The van der Waals surface area contributed by atoms with E-state index in [0.717, 1.165) is 22.1 Å². The maximum absolute atomic E-state index is 11.7. The number of urea groups is 1. The van der Waals surface area contributed by atoms with Gasteiger partial charge in [0.1, 0.15) is 11.6 Å². The molecule has 0 radical (unpaired) electrons. The van der Waals surface area contributed by atoms with Crippen molar-refractivity contribution in [1.82, 2.24) is 20.3 Å².